The molecular formula is C35H55NO3. The maximum Gasteiger partial charge on any atom is 0.123 e. The minimum atomic E-state index is -0.180. The first-order chi connectivity index (χ1) is 17.7. The van der Waals surface area contributed by atoms with Crippen molar-refractivity contribution in [2.24, 2.45) is 0 Å². The van der Waals surface area contributed by atoms with Crippen molar-refractivity contribution in [1.29, 1.82) is 0 Å². The average molecular weight is 538 g/mol. The molecule has 4 nitrogen and oxygen atoms in total. The van der Waals surface area contributed by atoms with Crippen LogP contribution in [0.4, 0.5) is 0 Å². The first-order valence-electron chi connectivity index (χ1n) is 14.8. The molecule has 1 saturated heterocycles. The van der Waals surface area contributed by atoms with Gasteiger partial charge in [-0.15, -0.1) is 0 Å². The van der Waals surface area contributed by atoms with E-state index in [0.717, 1.165) is 48.2 Å². The van der Waals surface area contributed by atoms with Crippen LogP contribution in [0.15, 0.2) is 24.3 Å². The Morgan fingerprint density at radius 2 is 1.08 bits per heavy atom. The minimum Gasteiger partial charge on any atom is -0.507 e. The summed E-state index contributed by atoms with van der Waals surface area (Å²) < 4.78 is 6.06. The summed E-state index contributed by atoms with van der Waals surface area (Å²) in [5.41, 5.74) is 5.85. The van der Waals surface area contributed by atoms with Crippen LogP contribution >= 0.6 is 0 Å². The minimum absolute atomic E-state index is 0.0389. The Morgan fingerprint density at radius 1 is 0.667 bits per heavy atom. The molecular weight excluding hydrogens is 482 g/mol. The maximum atomic E-state index is 11.5. The fraction of sp³-hybridized carbons (Fsp3) is 0.657. The van der Waals surface area contributed by atoms with Crippen molar-refractivity contribution >= 4 is 0 Å². The fourth-order valence-electron chi connectivity index (χ4n) is 5.38. The molecule has 39 heavy (non-hydrogen) atoms. The second kappa shape index (κ2) is 11.1. The molecule has 0 amide bonds. The van der Waals surface area contributed by atoms with Crippen molar-refractivity contribution < 1.29 is 14.9 Å². The fourth-order valence-corrected chi connectivity index (χ4v) is 5.38. The molecule has 2 aromatic carbocycles. The number of rotatable bonds is 6. The molecule has 3 rings (SSSR count). The topological polar surface area (TPSA) is 52.9 Å². The summed E-state index contributed by atoms with van der Waals surface area (Å²) in [7, 11) is 0. The van der Waals surface area contributed by atoms with Crippen LogP contribution in [-0.2, 0) is 39.5 Å². The van der Waals surface area contributed by atoms with Gasteiger partial charge in [-0.2, -0.15) is 0 Å². The number of phenols is 2. The molecule has 0 bridgehead atoms. The SMILES string of the molecule is CC(C)(C)c1cc(CN(Cc2cc(C(C)(C)C)cc(C(C)(C)C)c2O)C[C@@H]2CCCO2)c(O)c(C(C)(C)C)c1. The number of nitrogens with zero attached hydrogens (tertiary/aromatic N) is 1. The van der Waals surface area contributed by atoms with E-state index in [1.165, 1.54) is 11.1 Å². The molecule has 2 N–H and O–H groups in total. The molecule has 1 atom stereocenters. The van der Waals surface area contributed by atoms with E-state index in [4.69, 9.17) is 4.74 Å². The van der Waals surface area contributed by atoms with E-state index in [2.05, 4.69) is 112 Å². The van der Waals surface area contributed by atoms with E-state index in [-0.39, 0.29) is 27.8 Å². The summed E-state index contributed by atoms with van der Waals surface area (Å²) >= 11 is 0. The predicted octanol–water partition coefficient (Wildman–Crippen LogP) is 8.47. The molecule has 0 aromatic heterocycles. The molecule has 0 unspecified atom stereocenters. The molecule has 2 aromatic rings. The number of hydrogen-bond acceptors (Lipinski definition) is 4. The molecule has 0 radical (unpaired) electrons. The summed E-state index contributed by atoms with van der Waals surface area (Å²) in [6, 6.07) is 8.72. The number of ether oxygens (including phenoxy) is 1. The zero-order valence-electron chi connectivity index (χ0n) is 26.9. The van der Waals surface area contributed by atoms with Crippen LogP contribution in [0, 0.1) is 0 Å². The maximum absolute atomic E-state index is 11.5. The number of aromatic hydroxyl groups is 2. The van der Waals surface area contributed by atoms with Gasteiger partial charge in [0, 0.05) is 37.4 Å². The number of hydrogen-bond donors (Lipinski definition) is 2. The third kappa shape index (κ3) is 7.79. The summed E-state index contributed by atoms with van der Waals surface area (Å²) in [5, 5.41) is 23.1. The Bertz CT molecular complexity index is 1060. The molecule has 1 heterocycles. The highest BCUT2D eigenvalue weighted by Crippen LogP contribution is 2.40. The first kappa shape index (κ1) is 31.5. The lowest BCUT2D eigenvalue weighted by molar-refractivity contribution is 0.0672. The van der Waals surface area contributed by atoms with Crippen molar-refractivity contribution in [3.05, 3.63) is 57.6 Å². The Kier molecular flexibility index (Phi) is 8.95. The van der Waals surface area contributed by atoms with E-state index in [9.17, 15) is 10.2 Å². The highest BCUT2D eigenvalue weighted by Gasteiger charge is 2.29. The summed E-state index contributed by atoms with van der Waals surface area (Å²) in [6.45, 7) is 29.0. The highest BCUT2D eigenvalue weighted by molar-refractivity contribution is 5.50. The smallest absolute Gasteiger partial charge is 0.123 e. The van der Waals surface area contributed by atoms with Crippen molar-refractivity contribution in [3.63, 3.8) is 0 Å². The predicted molar refractivity (Wildman–Crippen MR) is 164 cm³/mol. The molecule has 0 spiro atoms. The van der Waals surface area contributed by atoms with Crippen LogP contribution in [0.25, 0.3) is 0 Å². The van der Waals surface area contributed by atoms with E-state index < -0.39 is 0 Å². The quantitative estimate of drug-likeness (QED) is 0.388. The highest BCUT2D eigenvalue weighted by atomic mass is 16.5. The van der Waals surface area contributed by atoms with Crippen molar-refractivity contribution in [2.75, 3.05) is 13.2 Å². The third-order valence-electron chi connectivity index (χ3n) is 8.00. The van der Waals surface area contributed by atoms with E-state index in [1.807, 2.05) is 0 Å². The lowest BCUT2D eigenvalue weighted by Gasteiger charge is -2.32. The number of phenolic OH excluding ortho intramolecular Hbond substituents is 2. The largest absolute Gasteiger partial charge is 0.507 e. The molecule has 1 aliphatic rings. The van der Waals surface area contributed by atoms with Gasteiger partial charge < -0.3 is 14.9 Å². The summed E-state index contributed by atoms with van der Waals surface area (Å²) in [4.78, 5) is 2.36. The lowest BCUT2D eigenvalue weighted by atomic mass is 9.78. The lowest BCUT2D eigenvalue weighted by Crippen LogP contribution is -2.32. The average Bonchev–Trinajstić information content (AvgIpc) is 3.26. The van der Waals surface area contributed by atoms with Crippen molar-refractivity contribution in [3.8, 4) is 11.5 Å². The Morgan fingerprint density at radius 3 is 1.38 bits per heavy atom. The van der Waals surface area contributed by atoms with Gasteiger partial charge in [0.1, 0.15) is 11.5 Å². The standard InChI is InChI=1S/C35H55NO3/c1-32(2,3)25-16-23(30(37)28(18-25)34(7,8)9)20-36(22-27-14-13-15-39-27)21-24-17-26(33(4,5)6)19-29(31(24)38)35(10,11)12/h16-19,27,37-38H,13-15,20-22H2,1-12H3/t27-/m0/s1. The van der Waals surface area contributed by atoms with Gasteiger partial charge in [0.25, 0.3) is 0 Å². The zero-order valence-corrected chi connectivity index (χ0v) is 26.9. The van der Waals surface area contributed by atoms with Gasteiger partial charge in [0.15, 0.2) is 0 Å². The van der Waals surface area contributed by atoms with Crippen LogP contribution in [-0.4, -0.2) is 34.4 Å². The van der Waals surface area contributed by atoms with Gasteiger partial charge in [0.05, 0.1) is 6.10 Å². The molecule has 218 valence electrons. The van der Waals surface area contributed by atoms with Gasteiger partial charge >= 0.3 is 0 Å². The van der Waals surface area contributed by atoms with Crippen LogP contribution < -0.4 is 0 Å². The van der Waals surface area contributed by atoms with Crippen LogP contribution in [0.3, 0.4) is 0 Å². The van der Waals surface area contributed by atoms with Crippen LogP contribution in [0.2, 0.25) is 0 Å². The molecule has 1 fully saturated rings. The monoisotopic (exact) mass is 537 g/mol. The van der Waals surface area contributed by atoms with Gasteiger partial charge in [0.2, 0.25) is 0 Å². The van der Waals surface area contributed by atoms with Crippen LogP contribution in [0.5, 0.6) is 11.5 Å². The first-order valence-corrected chi connectivity index (χ1v) is 14.8. The molecule has 0 saturated carbocycles. The van der Waals surface area contributed by atoms with Crippen molar-refractivity contribution in [1.82, 2.24) is 4.90 Å². The Balaban J connectivity index is 2.12. The zero-order chi connectivity index (χ0) is 29.6. The normalized spacial score (nSPS) is 17.3. The summed E-state index contributed by atoms with van der Waals surface area (Å²) in [6.07, 6.45) is 2.28. The second-order valence-electron chi connectivity index (χ2n) is 15.9. The van der Waals surface area contributed by atoms with Crippen LogP contribution in [0.1, 0.15) is 129 Å². The molecule has 4 heteroatoms. The summed E-state index contributed by atoms with van der Waals surface area (Å²) in [5.74, 6) is 0.770. The third-order valence-corrected chi connectivity index (χ3v) is 8.00. The van der Waals surface area contributed by atoms with Crippen molar-refractivity contribution in [2.45, 2.75) is 137 Å². The molecule has 1 aliphatic heterocycles. The van der Waals surface area contributed by atoms with Gasteiger partial charge in [-0.05, 0) is 56.8 Å². The molecule has 0 aliphatic carbocycles. The van der Waals surface area contributed by atoms with E-state index >= 15 is 0 Å². The number of benzene rings is 2. The van der Waals surface area contributed by atoms with Gasteiger partial charge in [-0.1, -0.05) is 107 Å². The van der Waals surface area contributed by atoms with Gasteiger partial charge in [-0.25, -0.2) is 0 Å². The van der Waals surface area contributed by atoms with Gasteiger partial charge in [-0.3, -0.25) is 4.90 Å². The van der Waals surface area contributed by atoms with E-state index in [0.29, 0.717) is 24.6 Å². The Labute approximate surface area is 238 Å². The Hall–Kier alpha value is -2.04. The second-order valence-corrected chi connectivity index (χ2v) is 15.9. The van der Waals surface area contributed by atoms with E-state index in [1.54, 1.807) is 0 Å².